The summed E-state index contributed by atoms with van der Waals surface area (Å²) in [7, 11) is 0. The van der Waals surface area contributed by atoms with E-state index in [2.05, 4.69) is 15.9 Å². The molecular weight excluding hydrogens is 242 g/mol. The number of rotatable bonds is 3. The molecule has 1 atom stereocenters. The lowest BCUT2D eigenvalue weighted by atomic mass is 9.89. The molecule has 1 aromatic rings. The van der Waals surface area contributed by atoms with Crippen LogP contribution in [0.25, 0.3) is 0 Å². The molecule has 0 saturated carbocycles. The first-order valence-electron chi connectivity index (χ1n) is 4.66. The largest absolute Gasteiger partial charge is 0.385 e. The molecule has 1 unspecified atom stereocenters. The second-order valence-electron chi connectivity index (χ2n) is 3.77. The summed E-state index contributed by atoms with van der Waals surface area (Å²) in [6.07, 6.45) is 0.574. The lowest BCUT2D eigenvalue weighted by molar-refractivity contribution is 0.0497. The summed E-state index contributed by atoms with van der Waals surface area (Å²) in [6.45, 7) is 4.28. The molecule has 0 amide bonds. The summed E-state index contributed by atoms with van der Waals surface area (Å²) in [5.41, 5.74) is 6.67. The smallest absolute Gasteiger partial charge is 0.0883 e. The number of nitrogens with two attached hydrogens (primary N) is 1. The van der Waals surface area contributed by atoms with Crippen molar-refractivity contribution in [1.29, 1.82) is 0 Å². The van der Waals surface area contributed by atoms with Crippen molar-refractivity contribution in [3.63, 3.8) is 0 Å². The van der Waals surface area contributed by atoms with E-state index in [1.807, 2.05) is 25.1 Å². The molecule has 0 aromatic heterocycles. The van der Waals surface area contributed by atoms with Gasteiger partial charge in [0.15, 0.2) is 0 Å². The Morgan fingerprint density at radius 3 is 2.71 bits per heavy atom. The van der Waals surface area contributed by atoms with Gasteiger partial charge in [-0.25, -0.2) is 0 Å². The zero-order valence-electron chi connectivity index (χ0n) is 8.55. The minimum absolute atomic E-state index is 0.485. The Balaban J connectivity index is 3.10. The Hall–Kier alpha value is -0.380. The molecular formula is C11H16BrNO. The quantitative estimate of drug-likeness (QED) is 0.873. The maximum atomic E-state index is 10.2. The fourth-order valence-corrected chi connectivity index (χ4v) is 1.95. The Kier molecular flexibility index (Phi) is 3.70. The van der Waals surface area contributed by atoms with E-state index in [9.17, 15) is 5.11 Å². The van der Waals surface area contributed by atoms with Crippen LogP contribution >= 0.6 is 15.9 Å². The summed E-state index contributed by atoms with van der Waals surface area (Å²) in [6, 6.07) is 5.91. The third-order valence-corrected chi connectivity index (χ3v) is 2.90. The van der Waals surface area contributed by atoms with E-state index in [0.717, 1.165) is 15.6 Å². The van der Waals surface area contributed by atoms with Crippen molar-refractivity contribution in [2.45, 2.75) is 25.9 Å². The Bertz CT molecular complexity index is 323. The van der Waals surface area contributed by atoms with E-state index in [4.69, 9.17) is 5.73 Å². The minimum Gasteiger partial charge on any atom is -0.385 e. The lowest BCUT2D eigenvalue weighted by Crippen LogP contribution is -2.25. The number of hydrogen-bond acceptors (Lipinski definition) is 2. The van der Waals surface area contributed by atoms with Gasteiger partial charge >= 0.3 is 0 Å². The molecule has 1 rings (SSSR count). The van der Waals surface area contributed by atoms with Gasteiger partial charge in [-0.2, -0.15) is 0 Å². The highest BCUT2D eigenvalue weighted by Crippen LogP contribution is 2.29. The van der Waals surface area contributed by atoms with Gasteiger partial charge in [0.2, 0.25) is 0 Å². The van der Waals surface area contributed by atoms with Crippen LogP contribution in [0.2, 0.25) is 0 Å². The molecule has 2 nitrogen and oxygen atoms in total. The first-order valence-corrected chi connectivity index (χ1v) is 5.46. The van der Waals surface area contributed by atoms with Crippen LogP contribution in [0.1, 0.15) is 24.5 Å². The Morgan fingerprint density at radius 2 is 2.14 bits per heavy atom. The average molecular weight is 258 g/mol. The Morgan fingerprint density at radius 1 is 1.50 bits per heavy atom. The second-order valence-corrected chi connectivity index (χ2v) is 4.69. The summed E-state index contributed by atoms with van der Waals surface area (Å²) in [4.78, 5) is 0. The Labute approximate surface area is 93.3 Å². The van der Waals surface area contributed by atoms with Gasteiger partial charge < -0.3 is 10.8 Å². The van der Waals surface area contributed by atoms with Crippen LogP contribution in [0, 0.1) is 6.92 Å². The summed E-state index contributed by atoms with van der Waals surface area (Å²) in [5.74, 6) is 0. The van der Waals surface area contributed by atoms with Gasteiger partial charge in [0.25, 0.3) is 0 Å². The molecule has 0 bridgehead atoms. The second kappa shape index (κ2) is 4.43. The summed E-state index contributed by atoms with van der Waals surface area (Å²) >= 11 is 3.40. The van der Waals surface area contributed by atoms with Crippen LogP contribution in [0.15, 0.2) is 22.7 Å². The van der Waals surface area contributed by atoms with Gasteiger partial charge in [0, 0.05) is 4.47 Å². The normalized spacial score (nSPS) is 15.2. The molecule has 0 spiro atoms. The lowest BCUT2D eigenvalue weighted by Gasteiger charge is -2.25. The topological polar surface area (TPSA) is 46.2 Å². The van der Waals surface area contributed by atoms with Crippen LogP contribution < -0.4 is 5.73 Å². The molecule has 1 aromatic carbocycles. The van der Waals surface area contributed by atoms with Crippen molar-refractivity contribution in [3.05, 3.63) is 33.8 Å². The van der Waals surface area contributed by atoms with Crippen molar-refractivity contribution >= 4 is 15.9 Å². The number of halogens is 1. The third-order valence-electron chi connectivity index (χ3n) is 2.41. The van der Waals surface area contributed by atoms with Gasteiger partial charge in [-0.15, -0.1) is 0 Å². The van der Waals surface area contributed by atoms with Crippen LogP contribution in [0.3, 0.4) is 0 Å². The first-order chi connectivity index (χ1) is 6.47. The molecule has 14 heavy (non-hydrogen) atoms. The highest BCUT2D eigenvalue weighted by atomic mass is 79.9. The molecule has 78 valence electrons. The molecule has 0 aliphatic carbocycles. The first kappa shape index (κ1) is 11.7. The predicted molar refractivity (Wildman–Crippen MR) is 62.1 cm³/mol. The van der Waals surface area contributed by atoms with Crippen molar-refractivity contribution in [2.24, 2.45) is 5.73 Å². The van der Waals surface area contributed by atoms with Gasteiger partial charge in [-0.1, -0.05) is 22.0 Å². The zero-order chi connectivity index (χ0) is 10.8. The predicted octanol–water partition coefficient (Wildman–Crippen LogP) is 2.31. The standard InChI is InChI=1S/C11H16BrNO/c1-8-3-4-9(12)7-10(8)11(2,14)5-6-13/h3-4,7,14H,5-6,13H2,1-2H3. The number of benzene rings is 1. The van der Waals surface area contributed by atoms with Crippen molar-refractivity contribution in [3.8, 4) is 0 Å². The maximum absolute atomic E-state index is 10.2. The SMILES string of the molecule is Cc1ccc(Br)cc1C(C)(O)CCN. The van der Waals surface area contributed by atoms with E-state index < -0.39 is 5.60 Å². The van der Waals surface area contributed by atoms with Crippen LogP contribution in [-0.4, -0.2) is 11.7 Å². The van der Waals surface area contributed by atoms with Gasteiger partial charge in [0.05, 0.1) is 5.60 Å². The van der Waals surface area contributed by atoms with Crippen molar-refractivity contribution < 1.29 is 5.11 Å². The van der Waals surface area contributed by atoms with Crippen LogP contribution in [-0.2, 0) is 5.60 Å². The highest BCUT2D eigenvalue weighted by molar-refractivity contribution is 9.10. The molecule has 0 radical (unpaired) electrons. The van der Waals surface area contributed by atoms with Gasteiger partial charge in [-0.05, 0) is 50.1 Å². The molecule has 3 heteroatoms. The molecule has 0 saturated heterocycles. The van der Waals surface area contributed by atoms with Gasteiger partial charge in [0.1, 0.15) is 0 Å². The fourth-order valence-electron chi connectivity index (χ4n) is 1.59. The molecule has 3 N–H and O–H groups in total. The summed E-state index contributed by atoms with van der Waals surface area (Å²) in [5, 5.41) is 10.2. The number of aryl methyl sites for hydroxylation is 1. The molecule has 0 aliphatic heterocycles. The summed E-state index contributed by atoms with van der Waals surface area (Å²) < 4.78 is 0.982. The van der Waals surface area contributed by atoms with E-state index in [1.165, 1.54) is 0 Å². The van der Waals surface area contributed by atoms with Gasteiger partial charge in [-0.3, -0.25) is 0 Å². The van der Waals surface area contributed by atoms with E-state index in [-0.39, 0.29) is 0 Å². The minimum atomic E-state index is -0.831. The fraction of sp³-hybridized carbons (Fsp3) is 0.455. The monoisotopic (exact) mass is 257 g/mol. The van der Waals surface area contributed by atoms with E-state index in [0.29, 0.717) is 13.0 Å². The molecule has 0 fully saturated rings. The van der Waals surface area contributed by atoms with Crippen molar-refractivity contribution in [2.75, 3.05) is 6.54 Å². The van der Waals surface area contributed by atoms with Crippen LogP contribution in [0.4, 0.5) is 0 Å². The highest BCUT2D eigenvalue weighted by Gasteiger charge is 2.23. The zero-order valence-corrected chi connectivity index (χ0v) is 10.1. The number of aliphatic hydroxyl groups is 1. The van der Waals surface area contributed by atoms with Crippen molar-refractivity contribution in [1.82, 2.24) is 0 Å². The van der Waals surface area contributed by atoms with Crippen LogP contribution in [0.5, 0.6) is 0 Å². The average Bonchev–Trinajstić information content (AvgIpc) is 2.09. The molecule has 0 aliphatic rings. The van der Waals surface area contributed by atoms with E-state index >= 15 is 0 Å². The molecule has 0 heterocycles. The van der Waals surface area contributed by atoms with E-state index in [1.54, 1.807) is 6.92 Å². The number of hydrogen-bond donors (Lipinski definition) is 2. The third kappa shape index (κ3) is 2.56. The maximum Gasteiger partial charge on any atom is 0.0883 e.